The number of amides is 2. The van der Waals surface area contributed by atoms with Crippen molar-refractivity contribution in [3.8, 4) is 11.5 Å². The van der Waals surface area contributed by atoms with Crippen LogP contribution in [0.25, 0.3) is 0 Å². The van der Waals surface area contributed by atoms with Crippen molar-refractivity contribution < 1.29 is 32.2 Å². The van der Waals surface area contributed by atoms with Crippen molar-refractivity contribution in [1.82, 2.24) is 9.80 Å². The lowest BCUT2D eigenvalue weighted by Gasteiger charge is -2.34. The summed E-state index contributed by atoms with van der Waals surface area (Å²) in [4.78, 5) is 28.1. The van der Waals surface area contributed by atoms with Crippen molar-refractivity contribution in [1.29, 1.82) is 0 Å². The van der Waals surface area contributed by atoms with Gasteiger partial charge in [0.25, 0.3) is 5.91 Å². The lowest BCUT2D eigenvalue weighted by atomic mass is 10.1. The van der Waals surface area contributed by atoms with E-state index in [9.17, 15) is 22.8 Å². The summed E-state index contributed by atoms with van der Waals surface area (Å²) in [6.07, 6.45) is -4.34. The fourth-order valence-corrected chi connectivity index (χ4v) is 3.33. The fraction of sp³-hybridized carbons (Fsp3) is 0.364. The standard InChI is InChI=1S/C22H23F3N2O4/c1-30-17-6-4-5-16(13-17)14-20(28)26-9-11-27(12-10-26)21(29)15-31-19-8-3-2-7-18(19)22(23,24)25/h2-8,13H,9-12,14-15H2,1H3. The minimum Gasteiger partial charge on any atom is -0.497 e. The lowest BCUT2D eigenvalue weighted by molar-refractivity contribution is -0.142. The lowest BCUT2D eigenvalue weighted by Crippen LogP contribution is -2.52. The Hall–Kier alpha value is -3.23. The third kappa shape index (κ3) is 5.90. The number of nitrogens with zero attached hydrogens (tertiary/aromatic N) is 2. The van der Waals surface area contributed by atoms with Crippen LogP contribution in [0.15, 0.2) is 48.5 Å². The number of halogens is 3. The van der Waals surface area contributed by atoms with Gasteiger partial charge < -0.3 is 19.3 Å². The number of carbonyl (C=O) groups is 2. The molecular weight excluding hydrogens is 413 g/mol. The Morgan fingerprint density at radius 1 is 0.935 bits per heavy atom. The molecule has 9 heteroatoms. The molecule has 0 aromatic heterocycles. The van der Waals surface area contributed by atoms with Gasteiger partial charge in [0, 0.05) is 26.2 Å². The van der Waals surface area contributed by atoms with E-state index in [0.717, 1.165) is 11.6 Å². The van der Waals surface area contributed by atoms with E-state index in [1.54, 1.807) is 24.1 Å². The van der Waals surface area contributed by atoms with E-state index >= 15 is 0 Å². The number of hydrogen-bond donors (Lipinski definition) is 0. The van der Waals surface area contributed by atoms with Crippen LogP contribution in [-0.4, -0.2) is 61.5 Å². The molecule has 31 heavy (non-hydrogen) atoms. The summed E-state index contributed by atoms with van der Waals surface area (Å²) in [7, 11) is 1.56. The van der Waals surface area contributed by atoms with Crippen molar-refractivity contribution >= 4 is 11.8 Å². The first-order chi connectivity index (χ1) is 14.8. The van der Waals surface area contributed by atoms with Crippen molar-refractivity contribution in [3.05, 3.63) is 59.7 Å². The molecule has 0 saturated carbocycles. The Morgan fingerprint density at radius 3 is 2.23 bits per heavy atom. The Labute approximate surface area is 178 Å². The highest BCUT2D eigenvalue weighted by Crippen LogP contribution is 2.35. The molecule has 0 aliphatic carbocycles. The SMILES string of the molecule is COc1cccc(CC(=O)N2CCN(C(=O)COc3ccccc3C(F)(F)F)CC2)c1. The third-order valence-electron chi connectivity index (χ3n) is 5.02. The molecule has 2 aromatic carbocycles. The van der Waals surface area contributed by atoms with Crippen LogP contribution in [0, 0.1) is 0 Å². The van der Waals surface area contributed by atoms with Crippen molar-refractivity contribution in [2.45, 2.75) is 12.6 Å². The van der Waals surface area contributed by atoms with Gasteiger partial charge in [0.15, 0.2) is 6.61 Å². The summed E-state index contributed by atoms with van der Waals surface area (Å²) in [6.45, 7) is 0.812. The molecule has 3 rings (SSSR count). The molecule has 1 saturated heterocycles. The Kier molecular flexibility index (Phi) is 7.04. The number of para-hydroxylation sites is 1. The van der Waals surface area contributed by atoms with Crippen LogP contribution in [0.3, 0.4) is 0 Å². The monoisotopic (exact) mass is 436 g/mol. The third-order valence-corrected chi connectivity index (χ3v) is 5.02. The van der Waals surface area contributed by atoms with Gasteiger partial charge in [-0.2, -0.15) is 13.2 Å². The summed E-state index contributed by atoms with van der Waals surface area (Å²) in [5.41, 5.74) is -0.0876. The molecular formula is C22H23F3N2O4. The fourth-order valence-electron chi connectivity index (χ4n) is 3.33. The Bertz CT molecular complexity index is 925. The average Bonchev–Trinajstić information content (AvgIpc) is 2.77. The van der Waals surface area contributed by atoms with Gasteiger partial charge in [-0.1, -0.05) is 24.3 Å². The van der Waals surface area contributed by atoms with Gasteiger partial charge in [0.1, 0.15) is 11.5 Å². The molecule has 0 radical (unpaired) electrons. The van der Waals surface area contributed by atoms with Gasteiger partial charge in [-0.25, -0.2) is 0 Å². The zero-order valence-electron chi connectivity index (χ0n) is 17.0. The average molecular weight is 436 g/mol. The van der Waals surface area contributed by atoms with Gasteiger partial charge >= 0.3 is 6.18 Å². The highest BCUT2D eigenvalue weighted by Gasteiger charge is 2.34. The van der Waals surface area contributed by atoms with E-state index in [4.69, 9.17) is 9.47 Å². The first-order valence-electron chi connectivity index (χ1n) is 9.75. The van der Waals surface area contributed by atoms with Gasteiger partial charge in [0.2, 0.25) is 5.91 Å². The second-order valence-electron chi connectivity index (χ2n) is 7.07. The quantitative estimate of drug-likeness (QED) is 0.699. The number of piperazine rings is 1. The first kappa shape index (κ1) is 22.5. The molecule has 2 aromatic rings. The Morgan fingerprint density at radius 2 is 1.58 bits per heavy atom. The van der Waals surface area contributed by atoms with E-state index in [-0.39, 0.29) is 18.1 Å². The van der Waals surface area contributed by atoms with Crippen LogP contribution in [0.4, 0.5) is 13.2 Å². The number of ether oxygens (including phenoxy) is 2. The topological polar surface area (TPSA) is 59.1 Å². The van der Waals surface area contributed by atoms with Crippen LogP contribution in [-0.2, 0) is 22.2 Å². The number of benzene rings is 2. The zero-order chi connectivity index (χ0) is 22.4. The molecule has 1 aliphatic rings. The molecule has 0 bridgehead atoms. The van der Waals surface area contributed by atoms with E-state index in [1.807, 2.05) is 12.1 Å². The van der Waals surface area contributed by atoms with Crippen LogP contribution in [0.5, 0.6) is 11.5 Å². The van der Waals surface area contributed by atoms with Crippen molar-refractivity contribution in [2.75, 3.05) is 39.9 Å². The van der Waals surface area contributed by atoms with Crippen LogP contribution < -0.4 is 9.47 Å². The zero-order valence-corrected chi connectivity index (χ0v) is 17.0. The Balaban J connectivity index is 1.49. The molecule has 0 N–H and O–H groups in total. The smallest absolute Gasteiger partial charge is 0.419 e. The maximum Gasteiger partial charge on any atom is 0.419 e. The molecule has 1 heterocycles. The molecule has 166 valence electrons. The summed E-state index contributed by atoms with van der Waals surface area (Å²) in [5.74, 6) is -0.184. The first-order valence-corrected chi connectivity index (χ1v) is 9.75. The normalized spacial score (nSPS) is 14.3. The maximum absolute atomic E-state index is 13.0. The van der Waals surface area contributed by atoms with E-state index < -0.39 is 24.3 Å². The minimum atomic E-state index is -4.56. The molecule has 1 fully saturated rings. The maximum atomic E-state index is 13.0. The number of carbonyl (C=O) groups excluding carboxylic acids is 2. The van der Waals surface area contributed by atoms with Gasteiger partial charge in [-0.3, -0.25) is 9.59 Å². The van der Waals surface area contributed by atoms with E-state index in [0.29, 0.717) is 31.9 Å². The minimum absolute atomic E-state index is 0.0595. The predicted octanol–water partition coefficient (Wildman–Crippen LogP) is 3.01. The number of hydrogen-bond acceptors (Lipinski definition) is 4. The number of alkyl halides is 3. The number of methoxy groups -OCH3 is 1. The molecule has 0 atom stereocenters. The van der Waals surface area contributed by atoms with Crippen LogP contribution in [0.1, 0.15) is 11.1 Å². The molecule has 6 nitrogen and oxygen atoms in total. The van der Waals surface area contributed by atoms with Crippen LogP contribution in [0.2, 0.25) is 0 Å². The number of rotatable bonds is 6. The highest BCUT2D eigenvalue weighted by atomic mass is 19.4. The molecule has 0 spiro atoms. The van der Waals surface area contributed by atoms with Crippen molar-refractivity contribution in [3.63, 3.8) is 0 Å². The predicted molar refractivity (Wildman–Crippen MR) is 107 cm³/mol. The van der Waals surface area contributed by atoms with E-state index in [2.05, 4.69) is 0 Å². The second-order valence-corrected chi connectivity index (χ2v) is 7.07. The van der Waals surface area contributed by atoms with Gasteiger partial charge in [0.05, 0.1) is 19.1 Å². The van der Waals surface area contributed by atoms with E-state index in [1.165, 1.54) is 23.1 Å². The molecule has 2 amide bonds. The molecule has 1 aliphatic heterocycles. The summed E-state index contributed by atoms with van der Waals surface area (Å²) in [5, 5.41) is 0. The highest BCUT2D eigenvalue weighted by molar-refractivity contribution is 5.80. The van der Waals surface area contributed by atoms with Crippen molar-refractivity contribution in [2.24, 2.45) is 0 Å². The molecule has 0 unspecified atom stereocenters. The summed E-state index contributed by atoms with van der Waals surface area (Å²) >= 11 is 0. The summed E-state index contributed by atoms with van der Waals surface area (Å²) in [6, 6.07) is 12.0. The van der Waals surface area contributed by atoms with Crippen LogP contribution >= 0.6 is 0 Å². The summed E-state index contributed by atoms with van der Waals surface area (Å²) < 4.78 is 49.4. The second kappa shape index (κ2) is 9.72. The van der Waals surface area contributed by atoms with Gasteiger partial charge in [-0.15, -0.1) is 0 Å². The van der Waals surface area contributed by atoms with Gasteiger partial charge in [-0.05, 0) is 29.8 Å². The largest absolute Gasteiger partial charge is 0.497 e.